The van der Waals surface area contributed by atoms with E-state index in [0.29, 0.717) is 5.75 Å². The van der Waals surface area contributed by atoms with Crippen molar-refractivity contribution >= 4 is 44.2 Å². The number of imidazole rings is 1. The van der Waals surface area contributed by atoms with Crippen molar-refractivity contribution < 1.29 is 9.53 Å². The first-order valence-electron chi connectivity index (χ1n) is 6.48. The van der Waals surface area contributed by atoms with E-state index in [1.165, 1.54) is 18.3 Å². The van der Waals surface area contributed by atoms with Crippen molar-refractivity contribution in [2.75, 3.05) is 0 Å². The summed E-state index contributed by atoms with van der Waals surface area (Å²) < 4.78 is 7.29. The van der Waals surface area contributed by atoms with Gasteiger partial charge < -0.3 is 4.74 Å². The minimum Gasteiger partial charge on any atom is -0.425 e. The third kappa shape index (κ3) is 1.72. The van der Waals surface area contributed by atoms with Gasteiger partial charge in [0.25, 0.3) is 0 Å². The summed E-state index contributed by atoms with van der Waals surface area (Å²) in [6.07, 6.45) is 0. The number of hydrogen-bond donors (Lipinski definition) is 0. The molecule has 0 saturated heterocycles. The average Bonchev–Trinajstić information content (AvgIpc) is 2.99. The molecule has 0 saturated carbocycles. The van der Waals surface area contributed by atoms with Crippen LogP contribution in [0.2, 0.25) is 0 Å². The van der Waals surface area contributed by atoms with Crippen LogP contribution in [-0.4, -0.2) is 20.3 Å². The number of fused-ring (bicyclic) bond motifs is 5. The minimum absolute atomic E-state index is 0.343. The van der Waals surface area contributed by atoms with E-state index in [0.717, 1.165) is 32.7 Å². The third-order valence-corrected chi connectivity index (χ3v) is 4.21. The van der Waals surface area contributed by atoms with Crippen molar-refractivity contribution in [3.8, 4) is 5.75 Å². The highest BCUT2D eigenvalue weighted by Gasteiger charge is 2.17. The van der Waals surface area contributed by atoms with Gasteiger partial charge in [0.2, 0.25) is 0 Å². The Bertz CT molecular complexity index is 1020. The van der Waals surface area contributed by atoms with E-state index < -0.39 is 0 Å². The summed E-state index contributed by atoms with van der Waals surface area (Å²) in [7, 11) is 0. The topological polar surface area (TPSA) is 56.5 Å². The number of para-hydroxylation sites is 2. The zero-order valence-corrected chi connectivity index (χ0v) is 12.3. The maximum absolute atomic E-state index is 11.3. The molecule has 0 aliphatic rings. The summed E-state index contributed by atoms with van der Waals surface area (Å²) in [6.45, 7) is 3.34. The van der Waals surface area contributed by atoms with Crippen LogP contribution in [0.3, 0.4) is 0 Å². The smallest absolute Gasteiger partial charge is 0.308 e. The molecule has 0 aliphatic carbocycles. The van der Waals surface area contributed by atoms with Gasteiger partial charge in [-0.05, 0) is 19.1 Å². The molecule has 4 rings (SSSR count). The van der Waals surface area contributed by atoms with Gasteiger partial charge in [0.15, 0.2) is 11.4 Å². The molecule has 6 heteroatoms. The Hall–Kier alpha value is -2.47. The highest BCUT2D eigenvalue weighted by Crippen LogP contribution is 2.35. The Morgan fingerprint density at radius 1 is 1.29 bits per heavy atom. The Labute approximate surface area is 123 Å². The highest BCUT2D eigenvalue weighted by molar-refractivity contribution is 7.17. The van der Waals surface area contributed by atoms with Crippen molar-refractivity contribution in [1.82, 2.24) is 14.4 Å². The van der Waals surface area contributed by atoms with Crippen LogP contribution in [-0.2, 0) is 4.79 Å². The second-order valence-electron chi connectivity index (χ2n) is 4.79. The fourth-order valence-electron chi connectivity index (χ4n) is 2.57. The van der Waals surface area contributed by atoms with Crippen molar-refractivity contribution in [3.63, 3.8) is 0 Å². The lowest BCUT2D eigenvalue weighted by atomic mass is 10.3. The first kappa shape index (κ1) is 12.3. The largest absolute Gasteiger partial charge is 0.425 e. The number of aromatic nitrogens is 3. The summed E-state index contributed by atoms with van der Waals surface area (Å²) in [5, 5.41) is 2.59. The van der Waals surface area contributed by atoms with Crippen molar-refractivity contribution in [1.29, 1.82) is 0 Å². The molecule has 0 amide bonds. The lowest BCUT2D eigenvalue weighted by Crippen LogP contribution is -2.02. The zero-order valence-electron chi connectivity index (χ0n) is 11.5. The van der Waals surface area contributed by atoms with Gasteiger partial charge in [-0.25, -0.2) is 9.97 Å². The second kappa shape index (κ2) is 4.26. The first-order chi connectivity index (χ1) is 10.1. The predicted molar refractivity (Wildman–Crippen MR) is 81.9 cm³/mol. The number of benzene rings is 1. The van der Waals surface area contributed by atoms with Gasteiger partial charge in [0.05, 0.1) is 16.4 Å². The van der Waals surface area contributed by atoms with Gasteiger partial charge >= 0.3 is 5.97 Å². The SMILES string of the molecule is CC(=O)Oc1csc2nc(C)n3c4ccccc4nc3c12. The van der Waals surface area contributed by atoms with Gasteiger partial charge in [-0.1, -0.05) is 12.1 Å². The van der Waals surface area contributed by atoms with Crippen LogP contribution in [0.5, 0.6) is 5.75 Å². The summed E-state index contributed by atoms with van der Waals surface area (Å²) >= 11 is 1.45. The molecule has 3 heterocycles. The first-order valence-corrected chi connectivity index (χ1v) is 7.36. The number of nitrogens with zero attached hydrogens (tertiary/aromatic N) is 3. The summed E-state index contributed by atoms with van der Waals surface area (Å²) in [5.74, 6) is 1.04. The number of hydrogen-bond acceptors (Lipinski definition) is 5. The number of carbonyl (C=O) groups is 1. The highest BCUT2D eigenvalue weighted by atomic mass is 32.1. The molecule has 0 bridgehead atoms. The van der Waals surface area contributed by atoms with Gasteiger partial charge in [-0.15, -0.1) is 11.3 Å². The number of esters is 1. The lowest BCUT2D eigenvalue weighted by Gasteiger charge is -2.03. The fraction of sp³-hybridized carbons (Fsp3) is 0.133. The monoisotopic (exact) mass is 297 g/mol. The van der Waals surface area contributed by atoms with Gasteiger partial charge in [-0.3, -0.25) is 9.20 Å². The molecule has 0 N–H and O–H groups in total. The molecule has 0 atom stereocenters. The second-order valence-corrected chi connectivity index (χ2v) is 5.65. The van der Waals surface area contributed by atoms with Crippen LogP contribution in [0.1, 0.15) is 12.7 Å². The molecule has 4 aromatic rings. The van der Waals surface area contributed by atoms with E-state index in [9.17, 15) is 4.79 Å². The van der Waals surface area contributed by atoms with E-state index in [1.54, 1.807) is 5.38 Å². The number of thiophene rings is 1. The predicted octanol–water partition coefficient (Wildman–Crippen LogP) is 3.33. The standard InChI is InChI=1S/C15H11N3O2S/c1-8-16-15-13(12(7-21-15)20-9(2)19)14-17-10-5-3-4-6-11(10)18(8)14/h3-7H,1-2H3. The molecule has 3 aromatic heterocycles. The van der Waals surface area contributed by atoms with Crippen molar-refractivity contribution in [2.24, 2.45) is 0 Å². The lowest BCUT2D eigenvalue weighted by molar-refractivity contribution is -0.131. The molecule has 0 radical (unpaired) electrons. The number of carbonyl (C=O) groups excluding carboxylic acids is 1. The van der Waals surface area contributed by atoms with Crippen LogP contribution in [0.15, 0.2) is 29.6 Å². The molecule has 0 aliphatic heterocycles. The van der Waals surface area contributed by atoms with Gasteiger partial charge in [-0.2, -0.15) is 0 Å². The number of ether oxygens (including phenoxy) is 1. The Morgan fingerprint density at radius 3 is 2.90 bits per heavy atom. The maximum atomic E-state index is 11.3. The maximum Gasteiger partial charge on any atom is 0.308 e. The molecule has 5 nitrogen and oxygen atoms in total. The van der Waals surface area contributed by atoms with Crippen molar-refractivity contribution in [3.05, 3.63) is 35.5 Å². The number of rotatable bonds is 1. The number of aryl methyl sites for hydroxylation is 1. The van der Waals surface area contributed by atoms with E-state index in [1.807, 2.05) is 35.6 Å². The quantitative estimate of drug-likeness (QED) is 0.506. The molecule has 21 heavy (non-hydrogen) atoms. The average molecular weight is 297 g/mol. The van der Waals surface area contributed by atoms with Crippen LogP contribution >= 0.6 is 11.3 Å². The summed E-state index contributed by atoms with van der Waals surface area (Å²) in [6, 6.07) is 7.90. The molecule has 1 aromatic carbocycles. The summed E-state index contributed by atoms with van der Waals surface area (Å²) in [4.78, 5) is 21.4. The Balaban J connectivity index is 2.20. The normalized spacial score (nSPS) is 11.5. The van der Waals surface area contributed by atoms with E-state index >= 15 is 0 Å². The van der Waals surface area contributed by atoms with Crippen molar-refractivity contribution in [2.45, 2.75) is 13.8 Å². The molecule has 0 fully saturated rings. The molecular formula is C15H11N3O2S. The van der Waals surface area contributed by atoms with E-state index in [4.69, 9.17) is 4.74 Å². The van der Waals surface area contributed by atoms with Crippen LogP contribution in [0.4, 0.5) is 0 Å². The molecule has 0 spiro atoms. The molecular weight excluding hydrogens is 286 g/mol. The molecule has 0 unspecified atom stereocenters. The zero-order chi connectivity index (χ0) is 14.6. The third-order valence-electron chi connectivity index (χ3n) is 3.36. The Morgan fingerprint density at radius 2 is 2.10 bits per heavy atom. The van der Waals surface area contributed by atoms with Crippen LogP contribution < -0.4 is 4.74 Å². The molecule has 104 valence electrons. The van der Waals surface area contributed by atoms with Gasteiger partial charge in [0, 0.05) is 12.3 Å². The van der Waals surface area contributed by atoms with E-state index in [-0.39, 0.29) is 5.97 Å². The Kier molecular flexibility index (Phi) is 2.49. The summed E-state index contributed by atoms with van der Waals surface area (Å²) in [5.41, 5.74) is 2.67. The van der Waals surface area contributed by atoms with Crippen LogP contribution in [0.25, 0.3) is 26.9 Å². The van der Waals surface area contributed by atoms with E-state index in [2.05, 4.69) is 9.97 Å². The minimum atomic E-state index is -0.343. The van der Waals surface area contributed by atoms with Crippen LogP contribution in [0, 0.1) is 6.92 Å². The fourth-order valence-corrected chi connectivity index (χ4v) is 3.45. The van der Waals surface area contributed by atoms with Gasteiger partial charge in [0.1, 0.15) is 10.7 Å².